The van der Waals surface area contributed by atoms with Crippen molar-refractivity contribution in [3.8, 4) is 0 Å². The second kappa shape index (κ2) is 4.76. The SMILES string of the molecule is CC1CCC(O)(C(=O)c2cc(F)cc(F)c2)CC1. The third-order valence-electron chi connectivity index (χ3n) is 3.65. The van der Waals surface area contributed by atoms with E-state index in [9.17, 15) is 18.7 Å². The van der Waals surface area contributed by atoms with Crippen molar-refractivity contribution in [2.45, 2.75) is 38.2 Å². The van der Waals surface area contributed by atoms with Crippen molar-refractivity contribution < 1.29 is 18.7 Å². The summed E-state index contributed by atoms with van der Waals surface area (Å²) < 4.78 is 26.1. The molecule has 0 aromatic heterocycles. The molecule has 2 rings (SSSR count). The highest BCUT2D eigenvalue weighted by atomic mass is 19.1. The van der Waals surface area contributed by atoms with E-state index in [0.717, 1.165) is 25.0 Å². The second-order valence-electron chi connectivity index (χ2n) is 5.20. The van der Waals surface area contributed by atoms with E-state index in [1.165, 1.54) is 0 Å². The van der Waals surface area contributed by atoms with Crippen LogP contribution >= 0.6 is 0 Å². The molecule has 1 fully saturated rings. The fraction of sp³-hybridized carbons (Fsp3) is 0.500. The molecule has 0 amide bonds. The van der Waals surface area contributed by atoms with Crippen LogP contribution in [0.25, 0.3) is 0 Å². The minimum Gasteiger partial charge on any atom is -0.382 e. The lowest BCUT2D eigenvalue weighted by molar-refractivity contribution is 0.00421. The molecule has 18 heavy (non-hydrogen) atoms. The molecule has 0 spiro atoms. The van der Waals surface area contributed by atoms with Gasteiger partial charge in [-0.2, -0.15) is 0 Å². The van der Waals surface area contributed by atoms with Gasteiger partial charge in [0.25, 0.3) is 0 Å². The molecule has 1 aliphatic rings. The number of carbonyl (C=O) groups excluding carboxylic acids is 1. The topological polar surface area (TPSA) is 37.3 Å². The van der Waals surface area contributed by atoms with Crippen LogP contribution < -0.4 is 0 Å². The Kier molecular flexibility index (Phi) is 3.48. The number of Topliss-reactive ketones (excluding diaryl/α,β-unsaturated/α-hetero) is 1. The number of carbonyl (C=O) groups is 1. The molecular weight excluding hydrogens is 238 g/mol. The quantitative estimate of drug-likeness (QED) is 0.823. The van der Waals surface area contributed by atoms with Crippen molar-refractivity contribution in [3.63, 3.8) is 0 Å². The van der Waals surface area contributed by atoms with Crippen molar-refractivity contribution in [2.75, 3.05) is 0 Å². The zero-order valence-corrected chi connectivity index (χ0v) is 10.2. The first-order valence-electron chi connectivity index (χ1n) is 6.14. The first-order chi connectivity index (χ1) is 8.40. The lowest BCUT2D eigenvalue weighted by atomic mass is 9.76. The van der Waals surface area contributed by atoms with Gasteiger partial charge in [-0.05, 0) is 43.7 Å². The standard InChI is InChI=1S/C14H16F2O2/c1-9-2-4-14(18,5-3-9)13(17)10-6-11(15)8-12(16)7-10/h6-9,18H,2-5H2,1H3. The Morgan fingerprint density at radius 2 is 1.72 bits per heavy atom. The summed E-state index contributed by atoms with van der Waals surface area (Å²) in [6, 6.07) is 2.66. The van der Waals surface area contributed by atoms with E-state index >= 15 is 0 Å². The van der Waals surface area contributed by atoms with Crippen LogP contribution in [-0.4, -0.2) is 16.5 Å². The van der Waals surface area contributed by atoms with Gasteiger partial charge in [-0.25, -0.2) is 8.78 Å². The molecule has 0 unspecified atom stereocenters. The van der Waals surface area contributed by atoms with Crippen molar-refractivity contribution in [1.29, 1.82) is 0 Å². The molecule has 0 radical (unpaired) electrons. The fourth-order valence-corrected chi connectivity index (χ4v) is 2.42. The van der Waals surface area contributed by atoms with Gasteiger partial charge in [0.15, 0.2) is 5.78 Å². The van der Waals surface area contributed by atoms with Gasteiger partial charge in [-0.3, -0.25) is 4.79 Å². The molecule has 0 atom stereocenters. The lowest BCUT2D eigenvalue weighted by Crippen LogP contribution is -2.42. The fourth-order valence-electron chi connectivity index (χ4n) is 2.42. The zero-order chi connectivity index (χ0) is 13.3. The third kappa shape index (κ3) is 2.58. The van der Waals surface area contributed by atoms with E-state index in [1.807, 2.05) is 0 Å². The van der Waals surface area contributed by atoms with Crippen LogP contribution in [0.2, 0.25) is 0 Å². The van der Waals surface area contributed by atoms with E-state index < -0.39 is 23.0 Å². The van der Waals surface area contributed by atoms with Gasteiger partial charge in [0.2, 0.25) is 0 Å². The van der Waals surface area contributed by atoms with Crippen molar-refractivity contribution in [2.24, 2.45) is 5.92 Å². The van der Waals surface area contributed by atoms with Crippen LogP contribution in [-0.2, 0) is 0 Å². The molecule has 1 saturated carbocycles. The van der Waals surface area contributed by atoms with Crippen LogP contribution in [0.5, 0.6) is 0 Å². The molecule has 1 aromatic rings. The van der Waals surface area contributed by atoms with Gasteiger partial charge in [-0.15, -0.1) is 0 Å². The summed E-state index contributed by atoms with van der Waals surface area (Å²) in [4.78, 5) is 12.1. The van der Waals surface area contributed by atoms with Crippen LogP contribution in [0.1, 0.15) is 43.0 Å². The summed E-state index contributed by atoms with van der Waals surface area (Å²) in [7, 11) is 0. The summed E-state index contributed by atoms with van der Waals surface area (Å²) in [5.74, 6) is -1.70. The highest BCUT2D eigenvalue weighted by Crippen LogP contribution is 2.34. The van der Waals surface area contributed by atoms with Crippen molar-refractivity contribution >= 4 is 5.78 Å². The Labute approximate surface area is 105 Å². The normalized spacial score (nSPS) is 28.1. The van der Waals surface area contributed by atoms with Crippen molar-refractivity contribution in [3.05, 3.63) is 35.4 Å². The minimum absolute atomic E-state index is 0.0930. The molecule has 1 N–H and O–H groups in total. The molecular formula is C14H16F2O2. The Morgan fingerprint density at radius 1 is 1.22 bits per heavy atom. The maximum absolute atomic E-state index is 13.1. The van der Waals surface area contributed by atoms with E-state index in [4.69, 9.17) is 0 Å². The summed E-state index contributed by atoms with van der Waals surface area (Å²) in [6.45, 7) is 2.06. The van der Waals surface area contributed by atoms with Gasteiger partial charge in [0.05, 0.1) is 0 Å². The molecule has 0 aliphatic heterocycles. The van der Waals surface area contributed by atoms with Gasteiger partial charge in [-0.1, -0.05) is 6.92 Å². The molecule has 98 valence electrons. The minimum atomic E-state index is -1.47. The van der Waals surface area contributed by atoms with E-state index in [0.29, 0.717) is 24.8 Å². The maximum atomic E-state index is 13.1. The third-order valence-corrected chi connectivity index (χ3v) is 3.65. The van der Waals surface area contributed by atoms with E-state index in [1.54, 1.807) is 0 Å². The second-order valence-corrected chi connectivity index (χ2v) is 5.20. The number of halogens is 2. The number of hydrogen-bond acceptors (Lipinski definition) is 2. The molecule has 0 heterocycles. The summed E-state index contributed by atoms with van der Waals surface area (Å²) in [6.07, 6.45) is 2.20. The molecule has 1 aromatic carbocycles. The van der Waals surface area contributed by atoms with E-state index in [2.05, 4.69) is 6.92 Å². The average molecular weight is 254 g/mol. The monoisotopic (exact) mass is 254 g/mol. The van der Waals surface area contributed by atoms with Crippen LogP contribution in [0.15, 0.2) is 18.2 Å². The first-order valence-corrected chi connectivity index (χ1v) is 6.14. The highest BCUT2D eigenvalue weighted by Gasteiger charge is 2.39. The Bertz CT molecular complexity index is 443. The smallest absolute Gasteiger partial charge is 0.194 e. The number of aliphatic hydroxyl groups is 1. The largest absolute Gasteiger partial charge is 0.382 e. The molecule has 2 nitrogen and oxygen atoms in total. The number of ketones is 1. The van der Waals surface area contributed by atoms with Gasteiger partial charge in [0.1, 0.15) is 17.2 Å². The Morgan fingerprint density at radius 3 is 2.22 bits per heavy atom. The van der Waals surface area contributed by atoms with Crippen LogP contribution in [0.4, 0.5) is 8.78 Å². The van der Waals surface area contributed by atoms with Crippen molar-refractivity contribution in [1.82, 2.24) is 0 Å². The Hall–Kier alpha value is -1.29. The highest BCUT2D eigenvalue weighted by molar-refractivity contribution is 6.02. The molecule has 0 bridgehead atoms. The predicted octanol–water partition coefficient (Wildman–Crippen LogP) is 3.09. The number of hydrogen-bond donors (Lipinski definition) is 1. The maximum Gasteiger partial charge on any atom is 0.194 e. The number of benzene rings is 1. The zero-order valence-electron chi connectivity index (χ0n) is 10.2. The van der Waals surface area contributed by atoms with E-state index in [-0.39, 0.29) is 5.56 Å². The van der Waals surface area contributed by atoms with Gasteiger partial charge in [0, 0.05) is 11.6 Å². The predicted molar refractivity (Wildman–Crippen MR) is 63.3 cm³/mol. The lowest BCUT2D eigenvalue weighted by Gasteiger charge is -2.33. The van der Waals surface area contributed by atoms with Gasteiger partial charge < -0.3 is 5.11 Å². The summed E-state index contributed by atoms with van der Waals surface area (Å²) in [5, 5.41) is 10.3. The molecule has 1 aliphatic carbocycles. The first kappa shape index (κ1) is 13.1. The van der Waals surface area contributed by atoms with Gasteiger partial charge >= 0.3 is 0 Å². The average Bonchev–Trinajstić information content (AvgIpc) is 2.31. The molecule has 0 saturated heterocycles. The van der Waals surface area contributed by atoms with Crippen LogP contribution in [0.3, 0.4) is 0 Å². The number of rotatable bonds is 2. The summed E-state index contributed by atoms with van der Waals surface area (Å²) in [5.41, 5.74) is -1.56. The molecule has 4 heteroatoms. The Balaban J connectivity index is 2.25. The summed E-state index contributed by atoms with van der Waals surface area (Å²) >= 11 is 0. The van der Waals surface area contributed by atoms with Crippen LogP contribution in [0, 0.1) is 17.6 Å².